The highest BCUT2D eigenvalue weighted by Crippen LogP contribution is 2.50. The van der Waals surface area contributed by atoms with Crippen LogP contribution < -0.4 is 0 Å². The van der Waals surface area contributed by atoms with Gasteiger partial charge in [-0.1, -0.05) is 31.5 Å². The van der Waals surface area contributed by atoms with Crippen molar-refractivity contribution in [1.82, 2.24) is 0 Å². The highest BCUT2D eigenvalue weighted by molar-refractivity contribution is 7.94. The number of allylic oxidation sites excluding steroid dienone is 1. The summed E-state index contributed by atoms with van der Waals surface area (Å²) in [7, 11) is -7.01. The molecule has 7 heteroatoms. The van der Waals surface area contributed by atoms with E-state index in [1.807, 2.05) is 20.8 Å². The minimum Gasteiger partial charge on any atom is -0.270 e. The summed E-state index contributed by atoms with van der Waals surface area (Å²) in [6.07, 6.45) is 1.59. The zero-order valence-corrected chi connectivity index (χ0v) is 15.9. The number of hydrogen-bond donors (Lipinski definition) is 0. The summed E-state index contributed by atoms with van der Waals surface area (Å²) >= 11 is 0. The Labute approximate surface area is 144 Å². The van der Waals surface area contributed by atoms with Gasteiger partial charge in [-0.2, -0.15) is 8.42 Å². The molecule has 24 heavy (non-hydrogen) atoms. The van der Waals surface area contributed by atoms with Crippen molar-refractivity contribution < 1.29 is 21.0 Å². The van der Waals surface area contributed by atoms with E-state index in [0.29, 0.717) is 6.42 Å². The lowest BCUT2D eigenvalue weighted by atomic mass is 9.59. The summed E-state index contributed by atoms with van der Waals surface area (Å²) in [6.45, 7) is 5.86. The van der Waals surface area contributed by atoms with Crippen molar-refractivity contribution in [3.63, 3.8) is 0 Å². The Morgan fingerprint density at radius 2 is 1.79 bits per heavy atom. The summed E-state index contributed by atoms with van der Waals surface area (Å²) in [5.41, 5.74) is 4.38. The van der Waals surface area contributed by atoms with Crippen molar-refractivity contribution in [3.05, 3.63) is 46.5 Å². The summed E-state index contributed by atoms with van der Waals surface area (Å²) < 4.78 is 51.6. The van der Waals surface area contributed by atoms with Crippen molar-refractivity contribution in [2.75, 3.05) is 12.9 Å². The number of hydrogen-bond acceptors (Lipinski definition) is 5. The van der Waals surface area contributed by atoms with Gasteiger partial charge in [0.1, 0.15) is 0 Å². The molecule has 1 unspecified atom stereocenters. The average molecular weight is 370 g/mol. The maximum Gasteiger partial charge on any atom is 0.264 e. The summed E-state index contributed by atoms with van der Waals surface area (Å²) in [5, 5.41) is 1.10. The second-order valence-corrected chi connectivity index (χ2v) is 10.2. The fourth-order valence-electron chi connectivity index (χ4n) is 2.54. The summed E-state index contributed by atoms with van der Waals surface area (Å²) in [6, 6.07) is 6.64. The smallest absolute Gasteiger partial charge is 0.264 e. The highest BCUT2D eigenvalue weighted by Gasteiger charge is 2.44. The van der Waals surface area contributed by atoms with Crippen LogP contribution in [-0.2, 0) is 24.1 Å². The lowest BCUT2D eigenvalue weighted by Gasteiger charge is -2.45. The molecule has 5 nitrogen and oxygen atoms in total. The third-order valence-electron chi connectivity index (χ3n) is 4.47. The maximum atomic E-state index is 12.3. The van der Waals surface area contributed by atoms with Gasteiger partial charge in [-0.25, -0.2) is 8.42 Å². The number of aryl methyl sites for hydroxylation is 1. The van der Waals surface area contributed by atoms with Crippen molar-refractivity contribution in [3.8, 4) is 0 Å². The van der Waals surface area contributed by atoms with Gasteiger partial charge in [0.15, 0.2) is 0 Å². The summed E-state index contributed by atoms with van der Waals surface area (Å²) in [4.78, 5) is 0.232. The third-order valence-corrected chi connectivity index (χ3v) is 6.39. The van der Waals surface area contributed by atoms with Gasteiger partial charge in [0.05, 0.1) is 23.2 Å². The van der Waals surface area contributed by atoms with Gasteiger partial charge in [-0.15, -0.1) is 5.73 Å². The third kappa shape index (κ3) is 4.36. The maximum absolute atomic E-state index is 12.3. The van der Waals surface area contributed by atoms with Crippen LogP contribution in [0.15, 0.2) is 45.9 Å². The standard InChI is InChI=1S/C17H22O5S2/c1-13-5-7-16(8-6-13)24(20,21)10-9-14-11-15(17(14,2)3)12-22-23(4,18)19/h5-8,10,15H,11-12H2,1-4H3. The van der Waals surface area contributed by atoms with Crippen LogP contribution in [-0.4, -0.2) is 29.7 Å². The van der Waals surface area contributed by atoms with Gasteiger partial charge in [0.2, 0.25) is 9.84 Å². The minimum absolute atomic E-state index is 0.0187. The fourth-order valence-corrected chi connectivity index (χ4v) is 3.90. The van der Waals surface area contributed by atoms with E-state index in [1.165, 1.54) is 0 Å². The van der Waals surface area contributed by atoms with Crippen LogP contribution >= 0.6 is 0 Å². The Hall–Kier alpha value is -1.40. The summed E-state index contributed by atoms with van der Waals surface area (Å²) in [5.74, 6) is 0.0187. The lowest BCUT2D eigenvalue weighted by molar-refractivity contribution is 0.101. The molecule has 1 aromatic carbocycles. The highest BCUT2D eigenvalue weighted by atomic mass is 32.2. The molecule has 1 aliphatic carbocycles. The predicted molar refractivity (Wildman–Crippen MR) is 92.6 cm³/mol. The molecule has 0 aliphatic heterocycles. The molecule has 2 rings (SSSR count). The van der Waals surface area contributed by atoms with Crippen LogP contribution in [0.5, 0.6) is 0 Å². The molecule has 1 aliphatic rings. The van der Waals surface area contributed by atoms with Crippen LogP contribution in [0.4, 0.5) is 0 Å². The monoisotopic (exact) mass is 370 g/mol. The Morgan fingerprint density at radius 1 is 1.21 bits per heavy atom. The van der Waals surface area contributed by atoms with E-state index in [0.717, 1.165) is 22.8 Å². The molecule has 1 atom stereocenters. The van der Waals surface area contributed by atoms with E-state index >= 15 is 0 Å². The normalized spacial score (nSPS) is 20.2. The molecular formula is C17H22O5S2. The average Bonchev–Trinajstić information content (AvgIpc) is 2.44. The largest absolute Gasteiger partial charge is 0.270 e. The van der Waals surface area contributed by atoms with E-state index in [-0.39, 0.29) is 22.8 Å². The van der Waals surface area contributed by atoms with Gasteiger partial charge >= 0.3 is 0 Å². The Bertz CT molecular complexity index is 885. The van der Waals surface area contributed by atoms with Crippen molar-refractivity contribution >= 4 is 20.0 Å². The van der Waals surface area contributed by atoms with Crippen LogP contribution in [0, 0.1) is 18.3 Å². The molecule has 132 valence electrons. The lowest BCUT2D eigenvalue weighted by Crippen LogP contribution is -2.40. The first-order valence-corrected chi connectivity index (χ1v) is 10.9. The molecule has 0 N–H and O–H groups in total. The molecule has 1 fully saturated rings. The topological polar surface area (TPSA) is 77.5 Å². The van der Waals surface area contributed by atoms with Gasteiger partial charge in [-0.3, -0.25) is 4.18 Å². The molecular weight excluding hydrogens is 348 g/mol. The Kier molecular flexibility index (Phi) is 5.11. The van der Waals surface area contributed by atoms with E-state index in [1.54, 1.807) is 24.3 Å². The van der Waals surface area contributed by atoms with Gasteiger partial charge in [0, 0.05) is 0 Å². The van der Waals surface area contributed by atoms with Crippen LogP contribution in [0.2, 0.25) is 0 Å². The zero-order valence-electron chi connectivity index (χ0n) is 14.2. The number of sulfone groups is 1. The van der Waals surface area contributed by atoms with E-state index in [2.05, 4.69) is 5.73 Å². The number of rotatable bonds is 5. The molecule has 0 aromatic heterocycles. The zero-order chi connectivity index (χ0) is 18.2. The Morgan fingerprint density at radius 3 is 2.29 bits per heavy atom. The predicted octanol–water partition coefficient (Wildman–Crippen LogP) is 2.83. The molecule has 0 heterocycles. The van der Waals surface area contributed by atoms with Gasteiger partial charge in [-0.05, 0) is 42.4 Å². The second kappa shape index (κ2) is 6.48. The number of benzene rings is 1. The van der Waals surface area contributed by atoms with Crippen molar-refractivity contribution in [2.45, 2.75) is 32.1 Å². The molecule has 0 radical (unpaired) electrons. The van der Waals surface area contributed by atoms with Crippen molar-refractivity contribution in [2.24, 2.45) is 11.3 Å². The van der Waals surface area contributed by atoms with Crippen LogP contribution in [0.25, 0.3) is 0 Å². The van der Waals surface area contributed by atoms with E-state index < -0.39 is 20.0 Å². The SMILES string of the molecule is Cc1ccc(S(=O)(=O)C=C=C2CC(COS(C)(=O)=O)C2(C)C)cc1. The molecule has 1 saturated carbocycles. The first-order chi connectivity index (χ1) is 10.9. The first-order valence-electron chi connectivity index (χ1n) is 7.54. The molecule has 0 saturated heterocycles. The van der Waals surface area contributed by atoms with Gasteiger partial charge in [0.25, 0.3) is 10.1 Å². The van der Waals surface area contributed by atoms with Crippen LogP contribution in [0.3, 0.4) is 0 Å². The second-order valence-electron chi connectivity index (χ2n) is 6.71. The van der Waals surface area contributed by atoms with Crippen LogP contribution in [0.1, 0.15) is 25.8 Å². The van der Waals surface area contributed by atoms with E-state index in [9.17, 15) is 16.8 Å². The molecule has 0 spiro atoms. The van der Waals surface area contributed by atoms with Gasteiger partial charge < -0.3 is 0 Å². The first kappa shape index (κ1) is 18.9. The minimum atomic E-state index is -3.54. The molecule has 1 aromatic rings. The molecule has 0 bridgehead atoms. The van der Waals surface area contributed by atoms with E-state index in [4.69, 9.17) is 4.18 Å². The fraction of sp³-hybridized carbons (Fsp3) is 0.471. The van der Waals surface area contributed by atoms with Crippen molar-refractivity contribution in [1.29, 1.82) is 0 Å². The Balaban J connectivity index is 2.17. The quantitative estimate of drug-likeness (QED) is 0.588. The molecule has 0 amide bonds.